The molecule has 0 saturated carbocycles. The van der Waals surface area contributed by atoms with E-state index in [1.165, 1.54) is 64.2 Å². The summed E-state index contributed by atoms with van der Waals surface area (Å²) in [6, 6.07) is 7.83. The first-order valence-corrected chi connectivity index (χ1v) is 21.6. The first kappa shape index (κ1) is 53.8. The molecule has 0 amide bonds. The molecule has 0 aliphatic carbocycles. The fraction of sp³-hybridized carbons (Fsp3) is 0.636. The maximum atomic E-state index is 12.4. The number of aliphatic hydroxyl groups excluding tert-OH is 1. The van der Waals surface area contributed by atoms with E-state index in [2.05, 4.69) is 33.0 Å². The van der Waals surface area contributed by atoms with Crippen LogP contribution in [0.4, 0.5) is 21.4 Å². The smallest absolute Gasteiger partial charge is 0.550 e. The van der Waals surface area contributed by atoms with E-state index in [1.807, 2.05) is 37.3 Å². The number of ether oxygens (including phenoxy) is 4. The monoisotopic (exact) mass is 845 g/mol. The molecule has 1 N–H and O–H groups in total. The number of aliphatic carboxylic acids is 1. The van der Waals surface area contributed by atoms with Gasteiger partial charge in [-0.25, -0.2) is 4.85 Å². The number of carboxylic acids is 1. The number of rotatable bonds is 34. The molecule has 2 rings (SSSR count). The van der Waals surface area contributed by atoms with E-state index in [4.69, 9.17) is 30.6 Å². The van der Waals surface area contributed by atoms with Gasteiger partial charge in [-0.3, -0.25) is 4.79 Å². The summed E-state index contributed by atoms with van der Waals surface area (Å²) in [4.78, 5) is 29.7. The summed E-state index contributed by atoms with van der Waals surface area (Å²) in [5.74, 6) is -2.81. The molecule has 0 aliphatic rings. The Hall–Kier alpha value is -3.18. The third kappa shape index (κ3) is 23.4. The minimum atomic E-state index is -1.26. The Morgan fingerprint density at radius 2 is 1.53 bits per heavy atom. The van der Waals surface area contributed by atoms with E-state index in [9.17, 15) is 20.0 Å². The van der Waals surface area contributed by atoms with Gasteiger partial charge < -0.3 is 38.9 Å². The van der Waals surface area contributed by atoms with Crippen molar-refractivity contribution in [2.45, 2.75) is 111 Å². The van der Waals surface area contributed by atoms with E-state index in [0.717, 1.165) is 35.4 Å². The number of nitriles is 1. The zero-order valence-electron chi connectivity index (χ0n) is 35.9. The van der Waals surface area contributed by atoms with Crippen molar-refractivity contribution in [2.24, 2.45) is 16.1 Å². The number of azo groups is 1. The Kier molecular flexibility index (Phi) is 31.5. The van der Waals surface area contributed by atoms with Gasteiger partial charge in [-0.1, -0.05) is 83.3 Å². The molecule has 0 spiro atoms. The van der Waals surface area contributed by atoms with E-state index < -0.39 is 17.9 Å². The van der Waals surface area contributed by atoms with Crippen LogP contribution in [-0.4, -0.2) is 83.0 Å². The standard InChI is InChI=1S/C44H65N5O8S.Na/c1-5-6-7-8-9-10-11-12-13-14-15-16-17-18-19-37(44(52)53)33-41(51)57-31-30-55-26-23-49(22-25-54-28-29-56-27-24-50)38-20-21-40(35(2)32-38)47-48-43-39(34-45)36(3)42(46-4)58-43;/h17-18,20-21,32,37,50H,5-16,19,22-31,33H2,1-3H3,(H,52,53);/q;+1/p-1/b18-17+,48-47?;. The van der Waals surface area contributed by atoms with Crippen molar-refractivity contribution < 1.29 is 68.3 Å². The number of unbranched alkanes of at least 4 members (excludes halogenated alkanes) is 11. The molecule has 15 heteroatoms. The van der Waals surface area contributed by atoms with Gasteiger partial charge in [-0.2, -0.15) is 5.26 Å². The molecule has 0 saturated heterocycles. The van der Waals surface area contributed by atoms with Gasteiger partial charge in [0.05, 0.1) is 70.5 Å². The number of nitrogens with zero attached hydrogens (tertiary/aromatic N) is 5. The SMILES string of the molecule is [C-]#[N+]c1sc(N=Nc2ccc(N(CCOCCOCCO)CCOCCOC(=O)CC(C/C=C/CCCCCCCCCCCCC)C(=O)[O-])cc2C)c(C#N)c1C.[Na+]. The molecule has 1 atom stereocenters. The maximum Gasteiger partial charge on any atom is 1.00 e. The molecule has 1 heterocycles. The fourth-order valence-corrected chi connectivity index (χ4v) is 6.96. The summed E-state index contributed by atoms with van der Waals surface area (Å²) >= 11 is 1.14. The number of carbonyl (C=O) groups excluding carboxylic acids is 2. The van der Waals surface area contributed by atoms with Gasteiger partial charge in [0, 0.05) is 30.7 Å². The van der Waals surface area contributed by atoms with Crippen LogP contribution in [0.3, 0.4) is 0 Å². The van der Waals surface area contributed by atoms with Crippen LogP contribution in [-0.2, 0) is 28.5 Å². The number of carbonyl (C=O) groups is 2. The van der Waals surface area contributed by atoms with Crippen molar-refractivity contribution in [1.29, 1.82) is 5.26 Å². The summed E-state index contributed by atoms with van der Waals surface area (Å²) in [5, 5.41) is 39.6. The fourth-order valence-electron chi connectivity index (χ4n) is 6.09. The molecule has 59 heavy (non-hydrogen) atoms. The average Bonchev–Trinajstić information content (AvgIpc) is 3.53. The number of hydrogen-bond donors (Lipinski definition) is 1. The zero-order valence-corrected chi connectivity index (χ0v) is 38.7. The number of hydrogen-bond acceptors (Lipinski definition) is 13. The Labute approximate surface area is 378 Å². The number of benzene rings is 1. The van der Waals surface area contributed by atoms with E-state index in [0.29, 0.717) is 66.3 Å². The molecular weight excluding hydrogens is 782 g/mol. The van der Waals surface area contributed by atoms with Crippen molar-refractivity contribution in [3.63, 3.8) is 0 Å². The normalized spacial score (nSPS) is 11.7. The molecule has 2 aromatic rings. The number of aliphatic hydroxyl groups is 1. The minimum absolute atomic E-state index is 0. The Morgan fingerprint density at radius 1 is 0.915 bits per heavy atom. The van der Waals surface area contributed by atoms with Crippen LogP contribution in [0, 0.1) is 37.7 Å². The van der Waals surface area contributed by atoms with Gasteiger partial charge >= 0.3 is 35.5 Å². The third-order valence-corrected chi connectivity index (χ3v) is 10.6. The van der Waals surface area contributed by atoms with Crippen molar-refractivity contribution in [1.82, 2.24) is 0 Å². The van der Waals surface area contributed by atoms with E-state index >= 15 is 0 Å². The predicted molar refractivity (Wildman–Crippen MR) is 226 cm³/mol. The van der Waals surface area contributed by atoms with Crippen molar-refractivity contribution in [2.75, 3.05) is 70.8 Å². The quantitative estimate of drug-likeness (QED) is 0.0220. The summed E-state index contributed by atoms with van der Waals surface area (Å²) in [5.41, 5.74) is 3.33. The first-order valence-electron chi connectivity index (χ1n) is 20.8. The van der Waals surface area contributed by atoms with Crippen molar-refractivity contribution in [3.8, 4) is 6.07 Å². The van der Waals surface area contributed by atoms with Gasteiger partial charge in [0.1, 0.15) is 17.7 Å². The molecule has 13 nitrogen and oxygen atoms in total. The summed E-state index contributed by atoms with van der Waals surface area (Å²) in [6.07, 6.45) is 18.8. The number of aryl methyl sites for hydroxylation is 1. The number of thiophene rings is 1. The van der Waals surface area contributed by atoms with Gasteiger partial charge in [-0.05, 0) is 62.4 Å². The number of carboxylic acid groups (broad SMARTS) is 1. The molecule has 1 aromatic heterocycles. The Bertz CT molecular complexity index is 1620. The van der Waals surface area contributed by atoms with Crippen LogP contribution in [0.1, 0.15) is 114 Å². The van der Waals surface area contributed by atoms with Crippen LogP contribution in [0.5, 0.6) is 0 Å². The van der Waals surface area contributed by atoms with Crippen LogP contribution >= 0.6 is 11.3 Å². The molecule has 0 radical (unpaired) electrons. The van der Waals surface area contributed by atoms with E-state index in [-0.39, 0.29) is 68.8 Å². The second kappa shape index (κ2) is 34.5. The summed E-state index contributed by atoms with van der Waals surface area (Å²) in [7, 11) is 0. The molecular formula is C44H64N5NaO8S. The van der Waals surface area contributed by atoms with Crippen LogP contribution in [0.2, 0.25) is 0 Å². The third-order valence-electron chi connectivity index (χ3n) is 9.53. The van der Waals surface area contributed by atoms with Gasteiger partial charge in [0.15, 0.2) is 0 Å². The second-order valence-electron chi connectivity index (χ2n) is 14.1. The predicted octanol–water partition coefficient (Wildman–Crippen LogP) is 6.00. The van der Waals surface area contributed by atoms with Crippen molar-refractivity contribution >= 4 is 44.7 Å². The van der Waals surface area contributed by atoms with Gasteiger partial charge in [0.25, 0.3) is 0 Å². The average molecular weight is 846 g/mol. The van der Waals surface area contributed by atoms with Gasteiger partial charge in [-0.15, -0.1) is 21.6 Å². The number of esters is 1. The molecule has 0 aliphatic heterocycles. The maximum absolute atomic E-state index is 12.4. The minimum Gasteiger partial charge on any atom is -0.550 e. The Balaban J connectivity index is 0.0000174. The summed E-state index contributed by atoms with van der Waals surface area (Å²) in [6.45, 7) is 16.1. The topological polar surface area (TPSA) is 170 Å². The van der Waals surface area contributed by atoms with Gasteiger partial charge in [0.2, 0.25) is 5.00 Å². The largest absolute Gasteiger partial charge is 1.00 e. The van der Waals surface area contributed by atoms with Crippen molar-refractivity contribution in [3.05, 3.63) is 58.5 Å². The van der Waals surface area contributed by atoms with E-state index in [1.54, 1.807) is 6.92 Å². The van der Waals surface area contributed by atoms with Crippen LogP contribution < -0.4 is 39.6 Å². The summed E-state index contributed by atoms with van der Waals surface area (Å²) < 4.78 is 22.1. The first-order chi connectivity index (χ1) is 28.2. The Morgan fingerprint density at radius 3 is 2.10 bits per heavy atom. The molecule has 1 aromatic carbocycles. The zero-order chi connectivity index (χ0) is 42.2. The number of allylic oxidation sites excluding steroid dienone is 2. The molecule has 0 bridgehead atoms. The molecule has 0 fully saturated rings. The second-order valence-corrected chi connectivity index (χ2v) is 15.1. The molecule has 1 unspecified atom stereocenters. The van der Waals surface area contributed by atoms with Crippen LogP contribution in [0.15, 0.2) is 40.6 Å². The van der Waals surface area contributed by atoms with Crippen LogP contribution in [0.25, 0.3) is 4.85 Å². The number of anilines is 1. The molecule has 320 valence electrons.